The highest BCUT2D eigenvalue weighted by atomic mass is 32.2. The number of carbonyl (C=O) groups excluding carboxylic acids is 1. The summed E-state index contributed by atoms with van der Waals surface area (Å²) in [6, 6.07) is 4.35. The van der Waals surface area contributed by atoms with Crippen LogP contribution in [0, 0.1) is 5.92 Å². The van der Waals surface area contributed by atoms with Gasteiger partial charge in [0.15, 0.2) is 11.5 Å². The maximum atomic E-state index is 12.4. The second kappa shape index (κ2) is 11.8. The number of hydrogen-bond acceptors (Lipinski definition) is 5. The topological polar surface area (TPSA) is 93.7 Å². The first-order valence-corrected chi connectivity index (χ1v) is 10.8. The van der Waals surface area contributed by atoms with Crippen molar-refractivity contribution in [2.75, 3.05) is 27.3 Å². The molecular weight excluding hydrogens is 368 g/mol. The van der Waals surface area contributed by atoms with E-state index >= 15 is 0 Å². The molecule has 1 aromatic carbocycles. The van der Waals surface area contributed by atoms with E-state index in [0.29, 0.717) is 24.0 Å². The van der Waals surface area contributed by atoms with Gasteiger partial charge in [-0.2, -0.15) is 0 Å². The lowest BCUT2D eigenvalue weighted by molar-refractivity contribution is -0.121. The zero-order valence-corrected chi connectivity index (χ0v) is 17.5. The summed E-state index contributed by atoms with van der Waals surface area (Å²) in [5.41, 5.74) is 0. The van der Waals surface area contributed by atoms with Crippen molar-refractivity contribution in [3.63, 3.8) is 0 Å². The lowest BCUT2D eigenvalue weighted by Crippen LogP contribution is -2.33. The first-order chi connectivity index (χ1) is 12.9. The molecule has 0 heterocycles. The predicted molar refractivity (Wildman–Crippen MR) is 106 cm³/mol. The predicted octanol–water partition coefficient (Wildman–Crippen LogP) is 2.70. The molecule has 154 valence electrons. The Labute approximate surface area is 162 Å². The number of amides is 1. The van der Waals surface area contributed by atoms with Crippen molar-refractivity contribution < 1.29 is 22.7 Å². The van der Waals surface area contributed by atoms with Crippen molar-refractivity contribution in [1.82, 2.24) is 10.0 Å². The molecule has 0 fully saturated rings. The average Bonchev–Trinajstić information content (AvgIpc) is 2.67. The van der Waals surface area contributed by atoms with Gasteiger partial charge in [-0.25, -0.2) is 13.1 Å². The van der Waals surface area contributed by atoms with E-state index in [0.717, 1.165) is 25.7 Å². The largest absolute Gasteiger partial charge is 0.493 e. The number of ether oxygens (including phenoxy) is 2. The van der Waals surface area contributed by atoms with Crippen molar-refractivity contribution >= 4 is 15.9 Å². The Bertz CT molecular complexity index is 691. The van der Waals surface area contributed by atoms with Crippen molar-refractivity contribution in [2.45, 2.75) is 50.8 Å². The summed E-state index contributed by atoms with van der Waals surface area (Å²) in [4.78, 5) is 12.0. The summed E-state index contributed by atoms with van der Waals surface area (Å²) in [7, 11) is -0.806. The van der Waals surface area contributed by atoms with E-state index < -0.39 is 10.0 Å². The second-order valence-corrected chi connectivity index (χ2v) is 8.15. The standard InChI is InChI=1S/C19H32N2O5S/c1-5-7-8-15(6-2)14-20-19(22)11-12-21-27(23,24)16-9-10-17(25-3)18(13-16)26-4/h9-10,13,15,21H,5-8,11-12,14H2,1-4H3,(H,20,22). The van der Waals surface area contributed by atoms with Crippen LogP contribution in [0.1, 0.15) is 46.0 Å². The Morgan fingerprint density at radius 2 is 1.85 bits per heavy atom. The minimum absolute atomic E-state index is 0.0360. The van der Waals surface area contributed by atoms with Gasteiger partial charge in [-0.15, -0.1) is 0 Å². The molecule has 0 radical (unpaired) electrons. The third-order valence-electron chi connectivity index (χ3n) is 4.44. The molecule has 1 rings (SSSR count). The average molecular weight is 401 g/mol. The lowest BCUT2D eigenvalue weighted by Gasteiger charge is -2.15. The van der Waals surface area contributed by atoms with Crippen LogP contribution in [-0.2, 0) is 14.8 Å². The fourth-order valence-electron chi connectivity index (χ4n) is 2.66. The number of methoxy groups -OCH3 is 2. The maximum absolute atomic E-state index is 12.4. The molecule has 0 bridgehead atoms. The highest BCUT2D eigenvalue weighted by molar-refractivity contribution is 7.89. The number of unbranched alkanes of at least 4 members (excludes halogenated alkanes) is 1. The SMILES string of the molecule is CCCCC(CC)CNC(=O)CCNS(=O)(=O)c1ccc(OC)c(OC)c1. The minimum Gasteiger partial charge on any atom is -0.493 e. The van der Waals surface area contributed by atoms with Crippen LogP contribution >= 0.6 is 0 Å². The zero-order valence-electron chi connectivity index (χ0n) is 16.7. The summed E-state index contributed by atoms with van der Waals surface area (Å²) < 4.78 is 37.4. The van der Waals surface area contributed by atoms with Gasteiger partial charge in [-0.3, -0.25) is 4.79 Å². The number of sulfonamides is 1. The Hall–Kier alpha value is -1.80. The van der Waals surface area contributed by atoms with Gasteiger partial charge < -0.3 is 14.8 Å². The highest BCUT2D eigenvalue weighted by Crippen LogP contribution is 2.29. The highest BCUT2D eigenvalue weighted by Gasteiger charge is 2.17. The fraction of sp³-hybridized carbons (Fsp3) is 0.632. The Morgan fingerprint density at radius 3 is 2.44 bits per heavy atom. The monoisotopic (exact) mass is 400 g/mol. The molecule has 2 N–H and O–H groups in total. The van der Waals surface area contributed by atoms with E-state index in [4.69, 9.17) is 9.47 Å². The normalized spacial score (nSPS) is 12.4. The van der Waals surface area contributed by atoms with Gasteiger partial charge >= 0.3 is 0 Å². The van der Waals surface area contributed by atoms with Crippen LogP contribution in [0.3, 0.4) is 0 Å². The summed E-state index contributed by atoms with van der Waals surface area (Å²) in [6.45, 7) is 4.94. The van der Waals surface area contributed by atoms with Gasteiger partial charge in [0.05, 0.1) is 19.1 Å². The lowest BCUT2D eigenvalue weighted by atomic mass is 9.99. The molecule has 0 spiro atoms. The van der Waals surface area contributed by atoms with Crippen LogP contribution in [0.2, 0.25) is 0 Å². The van der Waals surface area contributed by atoms with Crippen LogP contribution in [0.4, 0.5) is 0 Å². The van der Waals surface area contributed by atoms with Crippen molar-refractivity contribution in [3.05, 3.63) is 18.2 Å². The van der Waals surface area contributed by atoms with Gasteiger partial charge in [-0.05, 0) is 24.5 Å². The number of carbonyl (C=O) groups is 1. The van der Waals surface area contributed by atoms with Crippen molar-refractivity contribution in [1.29, 1.82) is 0 Å². The first-order valence-electron chi connectivity index (χ1n) is 9.36. The first kappa shape index (κ1) is 23.2. The third-order valence-corrected chi connectivity index (χ3v) is 5.90. The molecule has 1 unspecified atom stereocenters. The summed E-state index contributed by atoms with van der Waals surface area (Å²) >= 11 is 0. The van der Waals surface area contributed by atoms with E-state index in [-0.39, 0.29) is 23.8 Å². The summed E-state index contributed by atoms with van der Waals surface area (Å²) in [6.07, 6.45) is 4.50. The molecule has 1 atom stereocenters. The molecule has 0 aliphatic carbocycles. The van der Waals surface area contributed by atoms with Gasteiger partial charge in [-0.1, -0.05) is 33.1 Å². The van der Waals surface area contributed by atoms with E-state index in [2.05, 4.69) is 23.9 Å². The summed E-state index contributed by atoms with van der Waals surface area (Å²) in [5, 5.41) is 2.89. The zero-order chi connectivity index (χ0) is 20.3. The molecule has 0 aliphatic heterocycles. The molecule has 1 aromatic rings. The third kappa shape index (κ3) is 7.76. The molecule has 7 nitrogen and oxygen atoms in total. The molecule has 27 heavy (non-hydrogen) atoms. The van der Waals surface area contributed by atoms with Crippen LogP contribution in [-0.4, -0.2) is 41.6 Å². The number of rotatable bonds is 13. The Morgan fingerprint density at radius 1 is 1.15 bits per heavy atom. The Balaban J connectivity index is 2.51. The quantitative estimate of drug-likeness (QED) is 0.531. The maximum Gasteiger partial charge on any atom is 0.240 e. The number of benzene rings is 1. The van der Waals surface area contributed by atoms with Crippen molar-refractivity contribution in [2.24, 2.45) is 5.92 Å². The minimum atomic E-state index is -3.73. The van der Waals surface area contributed by atoms with Gasteiger partial charge in [0.1, 0.15) is 0 Å². The fourth-order valence-corrected chi connectivity index (χ4v) is 3.70. The van der Waals surface area contributed by atoms with Gasteiger partial charge in [0.25, 0.3) is 0 Å². The number of hydrogen-bond donors (Lipinski definition) is 2. The van der Waals surface area contributed by atoms with Crippen LogP contribution in [0.25, 0.3) is 0 Å². The van der Waals surface area contributed by atoms with Gasteiger partial charge in [0.2, 0.25) is 15.9 Å². The van der Waals surface area contributed by atoms with Gasteiger partial charge in [0, 0.05) is 25.6 Å². The smallest absolute Gasteiger partial charge is 0.240 e. The molecule has 0 aliphatic rings. The molecule has 0 saturated carbocycles. The van der Waals surface area contributed by atoms with Crippen LogP contribution in [0.5, 0.6) is 11.5 Å². The van der Waals surface area contributed by atoms with E-state index in [1.54, 1.807) is 0 Å². The second-order valence-electron chi connectivity index (χ2n) is 6.39. The van der Waals surface area contributed by atoms with E-state index in [1.807, 2.05) is 0 Å². The van der Waals surface area contributed by atoms with E-state index in [9.17, 15) is 13.2 Å². The molecule has 8 heteroatoms. The molecule has 0 aromatic heterocycles. The molecule has 1 amide bonds. The molecule has 0 saturated heterocycles. The van der Waals surface area contributed by atoms with Crippen LogP contribution in [0.15, 0.2) is 23.1 Å². The molecular formula is C19H32N2O5S. The Kier molecular flexibility index (Phi) is 10.2. The number of nitrogens with one attached hydrogen (secondary N) is 2. The van der Waals surface area contributed by atoms with E-state index in [1.165, 1.54) is 32.4 Å². The summed E-state index contributed by atoms with van der Waals surface area (Å²) in [5.74, 6) is 1.09. The van der Waals surface area contributed by atoms with Crippen LogP contribution < -0.4 is 19.5 Å². The van der Waals surface area contributed by atoms with Crippen molar-refractivity contribution in [3.8, 4) is 11.5 Å².